The highest BCUT2D eigenvalue weighted by molar-refractivity contribution is 6.03. The lowest BCUT2D eigenvalue weighted by Gasteiger charge is -2.29. The number of anilines is 2. The molecular formula is C40H34N2O4. The Morgan fingerprint density at radius 3 is 1.09 bits per heavy atom. The first-order chi connectivity index (χ1) is 22.4. The average molecular weight is 607 g/mol. The molecule has 0 aliphatic rings. The minimum atomic E-state index is -0.930. The Balaban J connectivity index is 1.31. The van der Waals surface area contributed by atoms with Crippen LogP contribution in [0.25, 0.3) is 33.0 Å². The van der Waals surface area contributed by atoms with E-state index in [1.807, 2.05) is 107 Å². The molecular weight excluding hydrogens is 572 g/mol. The fourth-order valence-electron chi connectivity index (χ4n) is 5.90. The van der Waals surface area contributed by atoms with Gasteiger partial charge in [0, 0.05) is 35.2 Å². The lowest BCUT2D eigenvalue weighted by Crippen LogP contribution is -2.31. The highest BCUT2D eigenvalue weighted by Crippen LogP contribution is 2.36. The van der Waals surface area contributed by atoms with Gasteiger partial charge in [-0.1, -0.05) is 133 Å². The Labute approximate surface area is 268 Å². The van der Waals surface area contributed by atoms with Gasteiger partial charge in [-0.15, -0.1) is 0 Å². The molecule has 0 spiro atoms. The number of hydrogen-bond donors (Lipinski definition) is 2. The fourth-order valence-corrected chi connectivity index (χ4v) is 5.90. The normalized spacial score (nSPS) is 10.9. The Kier molecular flexibility index (Phi) is 9.07. The van der Waals surface area contributed by atoms with Gasteiger partial charge in [0.2, 0.25) is 0 Å². The summed E-state index contributed by atoms with van der Waals surface area (Å²) in [5.74, 6) is -1.86. The van der Waals surface area contributed by atoms with Crippen LogP contribution < -0.4 is 9.80 Å². The van der Waals surface area contributed by atoms with Crippen LogP contribution in [0.3, 0.4) is 0 Å². The number of rotatable bonds is 12. The maximum absolute atomic E-state index is 12.0. The minimum Gasteiger partial charge on any atom is -0.480 e. The van der Waals surface area contributed by atoms with Crippen molar-refractivity contribution >= 4 is 34.1 Å². The Morgan fingerprint density at radius 2 is 0.739 bits per heavy atom. The van der Waals surface area contributed by atoms with Crippen LogP contribution in [0.5, 0.6) is 0 Å². The van der Waals surface area contributed by atoms with Crippen molar-refractivity contribution in [1.82, 2.24) is 0 Å². The van der Waals surface area contributed by atoms with E-state index in [0.29, 0.717) is 13.1 Å². The maximum atomic E-state index is 12.0. The van der Waals surface area contributed by atoms with E-state index in [0.717, 1.165) is 55.5 Å². The topological polar surface area (TPSA) is 81.1 Å². The molecule has 46 heavy (non-hydrogen) atoms. The molecule has 2 N–H and O–H groups in total. The number of carboxylic acids is 2. The predicted octanol–water partition coefficient (Wildman–Crippen LogP) is 8.36. The Hall–Kier alpha value is -5.88. The van der Waals surface area contributed by atoms with Gasteiger partial charge in [0.25, 0.3) is 0 Å². The molecule has 0 radical (unpaired) electrons. The number of aliphatic carboxylic acids is 2. The highest BCUT2D eigenvalue weighted by Gasteiger charge is 2.20. The zero-order chi connectivity index (χ0) is 31.9. The summed E-state index contributed by atoms with van der Waals surface area (Å²) in [4.78, 5) is 27.8. The van der Waals surface area contributed by atoms with Gasteiger partial charge in [-0.25, -0.2) is 0 Å². The van der Waals surface area contributed by atoms with Gasteiger partial charge in [-0.3, -0.25) is 9.59 Å². The van der Waals surface area contributed by atoms with Crippen molar-refractivity contribution in [2.24, 2.45) is 0 Å². The average Bonchev–Trinajstić information content (AvgIpc) is 3.08. The van der Waals surface area contributed by atoms with Gasteiger partial charge < -0.3 is 20.0 Å². The van der Waals surface area contributed by atoms with Crippen molar-refractivity contribution in [3.63, 3.8) is 0 Å². The van der Waals surface area contributed by atoms with E-state index in [-0.39, 0.29) is 13.1 Å². The van der Waals surface area contributed by atoms with Crippen molar-refractivity contribution in [2.45, 2.75) is 13.1 Å². The number of carbonyl (C=O) groups is 2. The standard InChI is InChI=1S/C40H34N2O4/c43-39(44)27-41(25-29-15-19-33(20-16-29)31-9-3-1-4-10-31)37-23-24-38(36-14-8-7-13-35(36)37)42(28-40(45)46)26-30-17-21-34(22-18-30)32-11-5-2-6-12-32/h1-24H,25-28H2,(H,43,44)(H,45,46). The Morgan fingerprint density at radius 1 is 0.413 bits per heavy atom. The number of carboxylic acid groups (broad SMARTS) is 2. The SMILES string of the molecule is O=C(O)CN(Cc1ccc(-c2ccccc2)cc1)c1ccc(N(CC(=O)O)Cc2ccc(-c3ccccc3)cc2)c2ccccc12. The number of nitrogens with zero attached hydrogens (tertiary/aromatic N) is 2. The van der Waals surface area contributed by atoms with Crippen molar-refractivity contribution < 1.29 is 19.8 Å². The monoisotopic (exact) mass is 606 g/mol. The third kappa shape index (κ3) is 7.08. The first kappa shape index (κ1) is 30.2. The molecule has 6 heteroatoms. The third-order valence-electron chi connectivity index (χ3n) is 8.08. The van der Waals surface area contributed by atoms with E-state index in [1.54, 1.807) is 0 Å². The van der Waals surface area contributed by atoms with Gasteiger partial charge in [0.15, 0.2) is 0 Å². The molecule has 0 aliphatic carbocycles. The number of fused-ring (bicyclic) bond motifs is 1. The van der Waals surface area contributed by atoms with Crippen LogP contribution >= 0.6 is 0 Å². The molecule has 6 aromatic rings. The summed E-state index contributed by atoms with van der Waals surface area (Å²) in [6.45, 7) is 0.432. The lowest BCUT2D eigenvalue weighted by molar-refractivity contribution is -0.136. The van der Waals surface area contributed by atoms with Crippen LogP contribution in [-0.4, -0.2) is 35.2 Å². The van der Waals surface area contributed by atoms with Crippen LogP contribution in [0.2, 0.25) is 0 Å². The molecule has 0 saturated heterocycles. The van der Waals surface area contributed by atoms with Crippen LogP contribution in [-0.2, 0) is 22.7 Å². The first-order valence-electron chi connectivity index (χ1n) is 15.2. The maximum Gasteiger partial charge on any atom is 0.323 e. The van der Waals surface area contributed by atoms with Crippen molar-refractivity contribution in [3.8, 4) is 22.3 Å². The smallest absolute Gasteiger partial charge is 0.323 e. The molecule has 0 atom stereocenters. The van der Waals surface area contributed by atoms with Gasteiger partial charge in [0.05, 0.1) is 0 Å². The van der Waals surface area contributed by atoms with Crippen molar-refractivity contribution in [2.75, 3.05) is 22.9 Å². The number of benzene rings is 6. The lowest BCUT2D eigenvalue weighted by atomic mass is 10.0. The summed E-state index contributed by atoms with van der Waals surface area (Å²) < 4.78 is 0. The molecule has 0 amide bonds. The third-order valence-corrected chi connectivity index (χ3v) is 8.08. The highest BCUT2D eigenvalue weighted by atomic mass is 16.4. The molecule has 6 aromatic carbocycles. The molecule has 0 saturated carbocycles. The Bertz CT molecular complexity index is 1800. The van der Waals surface area contributed by atoms with E-state index in [4.69, 9.17) is 0 Å². The largest absolute Gasteiger partial charge is 0.480 e. The van der Waals surface area contributed by atoms with E-state index in [9.17, 15) is 19.8 Å². The second kappa shape index (κ2) is 13.8. The van der Waals surface area contributed by atoms with Crippen molar-refractivity contribution in [1.29, 1.82) is 0 Å². The molecule has 228 valence electrons. The molecule has 0 aromatic heterocycles. The summed E-state index contributed by atoms with van der Waals surface area (Å²) in [6.07, 6.45) is 0. The summed E-state index contributed by atoms with van der Waals surface area (Å²) >= 11 is 0. The van der Waals surface area contributed by atoms with Gasteiger partial charge in [-0.05, 0) is 45.5 Å². The number of hydrogen-bond acceptors (Lipinski definition) is 4. The van der Waals surface area contributed by atoms with E-state index in [2.05, 4.69) is 48.5 Å². The fraction of sp³-hybridized carbons (Fsp3) is 0.100. The summed E-state index contributed by atoms with van der Waals surface area (Å²) in [7, 11) is 0. The van der Waals surface area contributed by atoms with E-state index < -0.39 is 11.9 Å². The quantitative estimate of drug-likeness (QED) is 0.146. The molecule has 0 aliphatic heterocycles. The van der Waals surface area contributed by atoms with Crippen LogP contribution in [0.4, 0.5) is 11.4 Å². The van der Waals surface area contributed by atoms with Gasteiger partial charge in [0.1, 0.15) is 13.1 Å². The van der Waals surface area contributed by atoms with Crippen LogP contribution in [0.15, 0.2) is 146 Å². The molecule has 0 heterocycles. The second-order valence-corrected chi connectivity index (χ2v) is 11.3. The molecule has 6 rings (SSSR count). The van der Waals surface area contributed by atoms with E-state index in [1.165, 1.54) is 0 Å². The first-order valence-corrected chi connectivity index (χ1v) is 15.2. The summed E-state index contributed by atoms with van der Waals surface area (Å²) in [6, 6.07) is 48.2. The van der Waals surface area contributed by atoms with E-state index >= 15 is 0 Å². The summed E-state index contributed by atoms with van der Waals surface area (Å²) in [5, 5.41) is 21.5. The molecule has 0 unspecified atom stereocenters. The molecule has 6 nitrogen and oxygen atoms in total. The zero-order valence-electron chi connectivity index (χ0n) is 25.3. The molecule has 0 fully saturated rings. The van der Waals surface area contributed by atoms with Gasteiger partial charge in [-0.2, -0.15) is 0 Å². The van der Waals surface area contributed by atoms with Gasteiger partial charge >= 0.3 is 11.9 Å². The zero-order valence-corrected chi connectivity index (χ0v) is 25.3. The molecule has 0 bridgehead atoms. The van der Waals surface area contributed by atoms with Crippen LogP contribution in [0, 0.1) is 0 Å². The van der Waals surface area contributed by atoms with Crippen molar-refractivity contribution in [3.05, 3.63) is 157 Å². The predicted molar refractivity (Wildman–Crippen MR) is 185 cm³/mol. The van der Waals surface area contributed by atoms with Crippen LogP contribution in [0.1, 0.15) is 11.1 Å². The minimum absolute atomic E-state index is 0.184. The summed E-state index contributed by atoms with van der Waals surface area (Å²) in [5.41, 5.74) is 7.95. The second-order valence-electron chi connectivity index (χ2n) is 11.3.